The molecule has 2 aromatic heterocycles. The fraction of sp³-hybridized carbons (Fsp3) is 0.367. The number of carbonyl (C=O) groups is 2. The lowest BCUT2D eigenvalue weighted by Crippen LogP contribution is -2.53. The molecule has 0 spiro atoms. The number of benzene rings is 2. The predicted molar refractivity (Wildman–Crippen MR) is 157 cm³/mol. The van der Waals surface area contributed by atoms with Gasteiger partial charge in [-0.25, -0.2) is 14.2 Å². The Bertz CT molecular complexity index is 1460. The molecule has 10 heteroatoms. The summed E-state index contributed by atoms with van der Waals surface area (Å²) in [5.41, 5.74) is 3.90. The van der Waals surface area contributed by atoms with Crippen molar-refractivity contribution in [1.29, 1.82) is 0 Å². The number of hydrogen-bond donors (Lipinski definition) is 3. The predicted octanol–water partition coefficient (Wildman–Crippen LogP) is 5.53. The summed E-state index contributed by atoms with van der Waals surface area (Å²) in [7, 11) is 3.93. The van der Waals surface area contributed by atoms with Gasteiger partial charge >= 0.3 is 6.03 Å². The highest BCUT2D eigenvalue weighted by atomic mass is 32.1. The SMILES string of the molecule is C[C@@H](c1c[nH]c2ccccc12)[C@@H](NC(=O)N1CCC(c2ccc(F)cc2)CC1)C(=O)Nc1nc(CN(C)C)cs1. The Morgan fingerprint density at radius 2 is 1.88 bits per heavy atom. The van der Waals surface area contributed by atoms with E-state index in [0.717, 1.165) is 40.6 Å². The molecule has 1 aliphatic heterocycles. The Kier molecular flexibility index (Phi) is 8.46. The molecule has 4 aromatic rings. The molecule has 0 saturated carbocycles. The number of aromatic amines is 1. The lowest BCUT2D eigenvalue weighted by molar-refractivity contribution is -0.118. The molecule has 0 bridgehead atoms. The summed E-state index contributed by atoms with van der Waals surface area (Å²) >= 11 is 1.37. The molecule has 0 radical (unpaired) electrons. The zero-order valence-electron chi connectivity index (χ0n) is 23.0. The number of urea groups is 1. The van der Waals surface area contributed by atoms with Gasteiger partial charge in [0.05, 0.1) is 5.69 Å². The zero-order valence-corrected chi connectivity index (χ0v) is 23.8. The number of para-hydroxylation sites is 1. The second-order valence-corrected chi connectivity index (χ2v) is 11.5. The van der Waals surface area contributed by atoms with Gasteiger partial charge in [-0.1, -0.05) is 37.3 Å². The molecule has 1 saturated heterocycles. The number of piperidine rings is 1. The van der Waals surface area contributed by atoms with Crippen LogP contribution in [0.25, 0.3) is 10.9 Å². The van der Waals surface area contributed by atoms with Crippen molar-refractivity contribution in [3.8, 4) is 0 Å². The lowest BCUT2D eigenvalue weighted by atomic mass is 9.89. The first kappa shape index (κ1) is 27.8. The van der Waals surface area contributed by atoms with Crippen LogP contribution in [-0.2, 0) is 11.3 Å². The largest absolute Gasteiger partial charge is 0.361 e. The van der Waals surface area contributed by atoms with Crippen LogP contribution < -0.4 is 10.6 Å². The Labute approximate surface area is 237 Å². The Morgan fingerprint density at radius 1 is 1.15 bits per heavy atom. The maximum absolute atomic E-state index is 13.7. The van der Waals surface area contributed by atoms with Crippen molar-refractivity contribution in [3.63, 3.8) is 0 Å². The van der Waals surface area contributed by atoms with Crippen LogP contribution in [0.5, 0.6) is 0 Å². The summed E-state index contributed by atoms with van der Waals surface area (Å²) in [5.74, 6) is -0.591. The van der Waals surface area contributed by atoms with Gasteiger partial charge in [0.2, 0.25) is 5.91 Å². The maximum atomic E-state index is 13.7. The summed E-state index contributed by atoms with van der Waals surface area (Å²) in [6, 6.07) is 13.5. The molecule has 8 nitrogen and oxygen atoms in total. The minimum Gasteiger partial charge on any atom is -0.361 e. The van der Waals surface area contributed by atoms with E-state index in [0.29, 0.717) is 24.8 Å². The average molecular weight is 563 g/mol. The van der Waals surface area contributed by atoms with Crippen molar-refractivity contribution in [2.24, 2.45) is 0 Å². The molecule has 2 atom stereocenters. The fourth-order valence-corrected chi connectivity index (χ4v) is 6.09. The van der Waals surface area contributed by atoms with E-state index >= 15 is 0 Å². The molecule has 2 aromatic carbocycles. The number of fused-ring (bicyclic) bond motifs is 1. The number of nitrogens with one attached hydrogen (secondary N) is 3. The lowest BCUT2D eigenvalue weighted by Gasteiger charge is -2.34. The minimum absolute atomic E-state index is 0.249. The van der Waals surface area contributed by atoms with Gasteiger partial charge in [-0.15, -0.1) is 11.3 Å². The van der Waals surface area contributed by atoms with E-state index in [9.17, 15) is 14.0 Å². The molecule has 40 heavy (non-hydrogen) atoms. The van der Waals surface area contributed by atoms with E-state index in [-0.39, 0.29) is 29.6 Å². The van der Waals surface area contributed by atoms with Gasteiger partial charge in [-0.2, -0.15) is 0 Å². The Hall–Kier alpha value is -3.76. The molecular weight excluding hydrogens is 527 g/mol. The van der Waals surface area contributed by atoms with E-state index in [4.69, 9.17) is 0 Å². The monoisotopic (exact) mass is 562 g/mol. The summed E-state index contributed by atoms with van der Waals surface area (Å²) < 4.78 is 13.3. The van der Waals surface area contributed by atoms with Crippen LogP contribution in [0, 0.1) is 5.82 Å². The van der Waals surface area contributed by atoms with Crippen molar-refractivity contribution in [2.75, 3.05) is 32.5 Å². The molecule has 0 aliphatic carbocycles. The second kappa shape index (κ2) is 12.2. The molecule has 1 aliphatic rings. The highest BCUT2D eigenvalue weighted by molar-refractivity contribution is 7.13. The molecular formula is C30H35FN6O2S. The number of H-pyrrole nitrogens is 1. The molecule has 3 N–H and O–H groups in total. The van der Waals surface area contributed by atoms with Crippen molar-refractivity contribution in [3.05, 3.63) is 82.7 Å². The maximum Gasteiger partial charge on any atom is 0.318 e. The van der Waals surface area contributed by atoms with Crippen LogP contribution in [0.3, 0.4) is 0 Å². The van der Waals surface area contributed by atoms with Crippen LogP contribution in [-0.4, -0.2) is 64.9 Å². The number of thiazole rings is 1. The van der Waals surface area contributed by atoms with Crippen LogP contribution in [0.4, 0.5) is 14.3 Å². The van der Waals surface area contributed by atoms with Gasteiger partial charge in [0, 0.05) is 48.0 Å². The summed E-state index contributed by atoms with van der Waals surface area (Å²) in [6.45, 7) is 3.75. The van der Waals surface area contributed by atoms with E-state index in [1.807, 2.05) is 73.9 Å². The molecule has 3 amide bonds. The van der Waals surface area contributed by atoms with Crippen molar-refractivity contribution in [2.45, 2.75) is 44.2 Å². The number of amides is 3. The van der Waals surface area contributed by atoms with Crippen LogP contribution in [0.15, 0.2) is 60.1 Å². The van der Waals surface area contributed by atoms with Gasteiger partial charge in [-0.05, 0) is 62.2 Å². The van der Waals surface area contributed by atoms with Crippen molar-refractivity contribution in [1.82, 2.24) is 25.1 Å². The van der Waals surface area contributed by atoms with Gasteiger partial charge in [0.25, 0.3) is 0 Å². The fourth-order valence-electron chi connectivity index (χ4n) is 5.39. The van der Waals surface area contributed by atoms with Crippen LogP contribution in [0.2, 0.25) is 0 Å². The number of carbonyl (C=O) groups excluding carboxylic acids is 2. The zero-order chi connectivity index (χ0) is 28.2. The average Bonchev–Trinajstić information content (AvgIpc) is 3.58. The molecule has 210 valence electrons. The van der Waals surface area contributed by atoms with Crippen molar-refractivity contribution >= 4 is 39.3 Å². The second-order valence-electron chi connectivity index (χ2n) is 10.7. The molecule has 3 heterocycles. The third-order valence-electron chi connectivity index (χ3n) is 7.56. The topological polar surface area (TPSA) is 93.4 Å². The molecule has 1 fully saturated rings. The van der Waals surface area contributed by atoms with E-state index in [1.165, 1.54) is 23.5 Å². The number of hydrogen-bond acceptors (Lipinski definition) is 5. The van der Waals surface area contributed by atoms with Crippen LogP contribution in [0.1, 0.15) is 48.4 Å². The summed E-state index contributed by atoms with van der Waals surface area (Å²) in [4.78, 5) is 38.8. The molecule has 5 rings (SSSR count). The number of rotatable bonds is 8. The Morgan fingerprint density at radius 3 is 2.60 bits per heavy atom. The first-order valence-electron chi connectivity index (χ1n) is 13.6. The standard InChI is InChI=1S/C30H35FN6O2S/c1-19(25-16-32-26-7-5-4-6-24(25)26)27(28(38)35-29-33-23(18-40-29)17-36(2)3)34-30(39)37-14-12-21(13-15-37)20-8-10-22(31)11-9-20/h4-11,16,18-19,21,27,32H,12-15,17H2,1-3H3,(H,34,39)(H,33,35,38)/t19-,27+/m0/s1. The van der Waals surface area contributed by atoms with Gasteiger partial charge < -0.3 is 25.4 Å². The Balaban J connectivity index is 1.31. The van der Waals surface area contributed by atoms with E-state index in [2.05, 4.69) is 20.6 Å². The van der Waals surface area contributed by atoms with Gasteiger partial charge in [-0.3, -0.25) is 4.79 Å². The molecule has 0 unspecified atom stereocenters. The number of anilines is 1. The number of halogens is 1. The first-order chi connectivity index (χ1) is 19.3. The minimum atomic E-state index is -0.817. The third kappa shape index (κ3) is 6.34. The smallest absolute Gasteiger partial charge is 0.318 e. The van der Waals surface area contributed by atoms with E-state index in [1.54, 1.807) is 4.90 Å². The van der Waals surface area contributed by atoms with Gasteiger partial charge in [0.1, 0.15) is 11.9 Å². The number of nitrogens with zero attached hydrogens (tertiary/aromatic N) is 3. The normalized spacial score (nSPS) is 15.8. The first-order valence-corrected chi connectivity index (χ1v) is 14.4. The highest BCUT2D eigenvalue weighted by Gasteiger charge is 2.33. The number of aromatic nitrogens is 2. The van der Waals surface area contributed by atoms with Crippen LogP contribution >= 0.6 is 11.3 Å². The highest BCUT2D eigenvalue weighted by Crippen LogP contribution is 2.30. The quantitative estimate of drug-likeness (QED) is 0.264. The third-order valence-corrected chi connectivity index (χ3v) is 8.36. The summed E-state index contributed by atoms with van der Waals surface area (Å²) in [5, 5.41) is 9.44. The van der Waals surface area contributed by atoms with E-state index < -0.39 is 6.04 Å². The van der Waals surface area contributed by atoms with Gasteiger partial charge in [0.15, 0.2) is 5.13 Å². The van der Waals surface area contributed by atoms with Crippen molar-refractivity contribution < 1.29 is 14.0 Å². The number of likely N-dealkylation sites (tertiary alicyclic amines) is 1. The summed E-state index contributed by atoms with van der Waals surface area (Å²) in [6.07, 6.45) is 3.47.